The molecule has 5 heteroatoms. The number of hydrogen-bond acceptors (Lipinski definition) is 4. The summed E-state index contributed by atoms with van der Waals surface area (Å²) in [6.45, 7) is 7.49. The van der Waals surface area contributed by atoms with Crippen molar-refractivity contribution in [3.05, 3.63) is 60.2 Å². The largest absolute Gasteiger partial charge is 0.485 e. The van der Waals surface area contributed by atoms with Gasteiger partial charge in [0.05, 0.1) is 18.8 Å². The zero-order valence-corrected chi connectivity index (χ0v) is 18.2. The lowest BCUT2D eigenvalue weighted by Crippen LogP contribution is -2.48. The third kappa shape index (κ3) is 4.78. The Balaban J connectivity index is 1.28. The minimum atomic E-state index is 0.00645. The highest BCUT2D eigenvalue weighted by atomic mass is 16.5. The van der Waals surface area contributed by atoms with Gasteiger partial charge in [-0.15, -0.1) is 0 Å². The predicted molar refractivity (Wildman–Crippen MR) is 121 cm³/mol. The third-order valence-corrected chi connectivity index (χ3v) is 6.34. The molecule has 2 aromatic carbocycles. The van der Waals surface area contributed by atoms with E-state index in [-0.39, 0.29) is 17.9 Å². The van der Waals surface area contributed by atoms with Crippen LogP contribution in [-0.2, 0) is 11.3 Å². The Morgan fingerprint density at radius 2 is 1.77 bits per heavy atom. The molecule has 1 fully saturated rings. The molecule has 2 aliphatic rings. The molecule has 0 aromatic heterocycles. The van der Waals surface area contributed by atoms with Crippen LogP contribution in [0.25, 0.3) is 0 Å². The summed E-state index contributed by atoms with van der Waals surface area (Å²) >= 11 is 0. The Morgan fingerprint density at radius 1 is 1.07 bits per heavy atom. The van der Waals surface area contributed by atoms with Gasteiger partial charge in [0.1, 0.15) is 11.9 Å². The number of nitrogens with zero attached hydrogens (tertiary/aromatic N) is 3. The van der Waals surface area contributed by atoms with E-state index in [0.29, 0.717) is 6.54 Å². The smallest absolute Gasteiger partial charge is 0.225 e. The molecule has 5 nitrogen and oxygen atoms in total. The fraction of sp³-hybridized carbons (Fsp3) is 0.480. The van der Waals surface area contributed by atoms with Crippen LogP contribution in [-0.4, -0.2) is 61.6 Å². The van der Waals surface area contributed by atoms with Crippen molar-refractivity contribution in [3.63, 3.8) is 0 Å². The molecule has 0 bridgehead atoms. The van der Waals surface area contributed by atoms with E-state index >= 15 is 0 Å². The fourth-order valence-corrected chi connectivity index (χ4v) is 4.66. The van der Waals surface area contributed by atoms with Gasteiger partial charge >= 0.3 is 0 Å². The second-order valence-corrected chi connectivity index (χ2v) is 8.50. The van der Waals surface area contributed by atoms with E-state index in [0.717, 1.165) is 57.0 Å². The number of ether oxygens (including phenoxy) is 1. The first kappa shape index (κ1) is 20.7. The van der Waals surface area contributed by atoms with Gasteiger partial charge in [-0.2, -0.15) is 0 Å². The van der Waals surface area contributed by atoms with E-state index in [1.54, 1.807) is 0 Å². The average molecular weight is 408 g/mol. The maximum Gasteiger partial charge on any atom is 0.225 e. The van der Waals surface area contributed by atoms with Gasteiger partial charge in [0.25, 0.3) is 0 Å². The van der Waals surface area contributed by atoms with Crippen LogP contribution in [0.5, 0.6) is 5.75 Å². The van der Waals surface area contributed by atoms with Crippen LogP contribution < -0.4 is 9.64 Å². The molecular weight excluding hydrogens is 374 g/mol. The van der Waals surface area contributed by atoms with Gasteiger partial charge in [-0.25, -0.2) is 0 Å². The predicted octanol–water partition coefficient (Wildman–Crippen LogP) is 3.64. The maximum atomic E-state index is 13.1. The van der Waals surface area contributed by atoms with Gasteiger partial charge in [0.15, 0.2) is 0 Å². The number of carbonyl (C=O) groups is 1. The molecule has 1 atom stereocenters. The molecule has 4 rings (SSSR count). The first-order valence-electron chi connectivity index (χ1n) is 11.2. The highest BCUT2D eigenvalue weighted by Gasteiger charge is 2.31. The van der Waals surface area contributed by atoms with Crippen LogP contribution in [0.4, 0.5) is 5.69 Å². The quantitative estimate of drug-likeness (QED) is 0.732. The molecule has 0 saturated carbocycles. The monoisotopic (exact) mass is 407 g/mol. The van der Waals surface area contributed by atoms with Crippen LogP contribution >= 0.6 is 0 Å². The van der Waals surface area contributed by atoms with Crippen molar-refractivity contribution in [2.75, 3.05) is 44.7 Å². The number of anilines is 1. The second kappa shape index (κ2) is 9.52. The number of likely N-dealkylation sites (N-methyl/N-ethyl adjacent to an activating group) is 2. The van der Waals surface area contributed by atoms with E-state index in [9.17, 15) is 4.79 Å². The topological polar surface area (TPSA) is 36.0 Å². The van der Waals surface area contributed by atoms with E-state index < -0.39 is 0 Å². The molecule has 160 valence electrons. The highest BCUT2D eigenvalue weighted by Crippen LogP contribution is 2.33. The van der Waals surface area contributed by atoms with Gasteiger partial charge in [0, 0.05) is 26.1 Å². The molecule has 0 radical (unpaired) electrons. The molecular formula is C25H33N3O2. The van der Waals surface area contributed by atoms with Crippen molar-refractivity contribution in [3.8, 4) is 5.75 Å². The number of hydrogen-bond donors (Lipinski definition) is 0. The molecule has 2 aromatic rings. The van der Waals surface area contributed by atoms with Crippen LogP contribution in [0.3, 0.4) is 0 Å². The van der Waals surface area contributed by atoms with Crippen molar-refractivity contribution in [2.24, 2.45) is 5.92 Å². The van der Waals surface area contributed by atoms with Gasteiger partial charge in [-0.1, -0.05) is 42.5 Å². The summed E-state index contributed by atoms with van der Waals surface area (Å²) in [5.41, 5.74) is 2.49. The van der Waals surface area contributed by atoms with E-state index in [4.69, 9.17) is 4.74 Å². The summed E-state index contributed by atoms with van der Waals surface area (Å²) in [7, 11) is 1.93. The SMILES string of the molecule is CCN1CC(CN(C)C(=O)C2CCN(Cc3ccccc3)CC2)Oc2ccccc21. The Kier molecular flexibility index (Phi) is 6.58. The summed E-state index contributed by atoms with van der Waals surface area (Å²) in [5.74, 6) is 1.31. The maximum absolute atomic E-state index is 13.1. The zero-order valence-electron chi connectivity index (χ0n) is 18.2. The number of fused-ring (bicyclic) bond motifs is 1. The molecule has 1 saturated heterocycles. The van der Waals surface area contributed by atoms with Crippen molar-refractivity contribution in [2.45, 2.75) is 32.4 Å². The normalized spacial score (nSPS) is 19.8. The third-order valence-electron chi connectivity index (χ3n) is 6.34. The molecule has 1 unspecified atom stereocenters. The van der Waals surface area contributed by atoms with E-state index in [1.807, 2.05) is 30.1 Å². The summed E-state index contributed by atoms with van der Waals surface area (Å²) in [5, 5.41) is 0. The minimum absolute atomic E-state index is 0.00645. The van der Waals surface area contributed by atoms with Gasteiger partial charge in [0.2, 0.25) is 5.91 Å². The van der Waals surface area contributed by atoms with Crippen molar-refractivity contribution in [1.29, 1.82) is 0 Å². The average Bonchev–Trinajstić information content (AvgIpc) is 2.79. The lowest BCUT2D eigenvalue weighted by atomic mass is 9.95. The van der Waals surface area contributed by atoms with Gasteiger partial charge in [-0.3, -0.25) is 9.69 Å². The van der Waals surface area contributed by atoms with E-state index in [2.05, 4.69) is 53.1 Å². The number of para-hydroxylation sites is 2. The molecule has 0 N–H and O–H groups in total. The lowest BCUT2D eigenvalue weighted by molar-refractivity contribution is -0.136. The number of likely N-dealkylation sites (tertiary alicyclic amines) is 1. The van der Waals surface area contributed by atoms with Crippen LogP contribution in [0.1, 0.15) is 25.3 Å². The van der Waals surface area contributed by atoms with Crippen molar-refractivity contribution in [1.82, 2.24) is 9.80 Å². The standard InChI is InChI=1S/C25H33N3O2/c1-3-28-19-22(30-24-12-8-7-11-23(24)28)18-26(2)25(29)21-13-15-27(16-14-21)17-20-9-5-4-6-10-20/h4-12,21-22H,3,13-19H2,1-2H3. The Morgan fingerprint density at radius 3 is 2.50 bits per heavy atom. The molecule has 2 heterocycles. The molecule has 0 aliphatic carbocycles. The number of amides is 1. The first-order valence-corrected chi connectivity index (χ1v) is 11.2. The Labute approximate surface area is 180 Å². The minimum Gasteiger partial charge on any atom is -0.485 e. The van der Waals surface area contributed by atoms with Crippen LogP contribution in [0.15, 0.2) is 54.6 Å². The fourth-order valence-electron chi connectivity index (χ4n) is 4.66. The van der Waals surface area contributed by atoms with E-state index in [1.165, 1.54) is 5.56 Å². The van der Waals surface area contributed by atoms with Crippen molar-refractivity contribution >= 4 is 11.6 Å². The molecule has 2 aliphatic heterocycles. The van der Waals surface area contributed by atoms with Crippen LogP contribution in [0, 0.1) is 5.92 Å². The summed E-state index contributed by atoms with van der Waals surface area (Å²) in [6, 6.07) is 18.8. The Hall–Kier alpha value is -2.53. The first-order chi connectivity index (χ1) is 14.6. The molecule has 30 heavy (non-hydrogen) atoms. The number of piperidine rings is 1. The van der Waals surface area contributed by atoms with Crippen molar-refractivity contribution < 1.29 is 9.53 Å². The molecule has 1 amide bonds. The number of benzene rings is 2. The van der Waals surface area contributed by atoms with Crippen LogP contribution in [0.2, 0.25) is 0 Å². The molecule has 0 spiro atoms. The second-order valence-electron chi connectivity index (χ2n) is 8.50. The summed E-state index contributed by atoms with van der Waals surface area (Å²) in [6.07, 6.45) is 1.88. The summed E-state index contributed by atoms with van der Waals surface area (Å²) < 4.78 is 6.21. The lowest BCUT2D eigenvalue weighted by Gasteiger charge is -2.38. The van der Waals surface area contributed by atoms with Gasteiger partial charge in [-0.05, 0) is 50.6 Å². The van der Waals surface area contributed by atoms with Gasteiger partial charge < -0.3 is 14.5 Å². The Bertz CT molecular complexity index is 833. The highest BCUT2D eigenvalue weighted by molar-refractivity contribution is 5.78. The number of carbonyl (C=O) groups excluding carboxylic acids is 1. The summed E-state index contributed by atoms with van der Waals surface area (Å²) in [4.78, 5) is 19.8. The number of rotatable bonds is 6. The zero-order chi connectivity index (χ0) is 20.9.